The number of aliphatic imine (C=N–C) groups is 1. The third-order valence-electron chi connectivity index (χ3n) is 8.37. The van der Waals surface area contributed by atoms with Crippen molar-refractivity contribution in [1.82, 2.24) is 14.7 Å². The predicted octanol–water partition coefficient (Wildman–Crippen LogP) is 5.11. The fourth-order valence-electron chi connectivity index (χ4n) is 5.82. The lowest BCUT2D eigenvalue weighted by atomic mass is 9.92. The highest BCUT2D eigenvalue weighted by Gasteiger charge is 2.39. The van der Waals surface area contributed by atoms with Crippen LogP contribution < -0.4 is 10.5 Å². The summed E-state index contributed by atoms with van der Waals surface area (Å²) in [6.45, 7) is 16.7. The molecule has 4 rings (SSSR count). The number of carbonyl (C=O) groups is 3. The smallest absolute Gasteiger partial charge is 0.411 e. The number of amidine groups is 1. The van der Waals surface area contributed by atoms with Gasteiger partial charge in [0.2, 0.25) is 5.91 Å². The number of hydrogen-bond acceptors (Lipinski definition) is 6. The molecule has 0 radical (unpaired) electrons. The summed E-state index contributed by atoms with van der Waals surface area (Å²) in [6.07, 6.45) is 5.90. The van der Waals surface area contributed by atoms with Crippen LogP contribution in [0.2, 0.25) is 0 Å². The molecule has 0 aliphatic carbocycles. The first-order chi connectivity index (χ1) is 20.9. The van der Waals surface area contributed by atoms with Gasteiger partial charge in [-0.25, -0.2) is 14.9 Å². The van der Waals surface area contributed by atoms with E-state index in [9.17, 15) is 14.4 Å². The largest absolute Gasteiger partial charge is 0.494 e. The van der Waals surface area contributed by atoms with Gasteiger partial charge in [0, 0.05) is 45.1 Å². The molecule has 2 fully saturated rings. The van der Waals surface area contributed by atoms with Gasteiger partial charge in [0.15, 0.2) is 0 Å². The monoisotopic (exact) mass is 610 g/mol. The number of nitrogens with two attached hydrogens (primary N) is 1. The van der Waals surface area contributed by atoms with Crippen molar-refractivity contribution in [2.45, 2.75) is 97.8 Å². The van der Waals surface area contributed by atoms with Crippen molar-refractivity contribution in [1.29, 1.82) is 5.26 Å². The molecule has 1 aromatic rings. The number of piperidine rings is 1. The topological polar surface area (TPSA) is 142 Å². The molecule has 11 nitrogen and oxygen atoms in total. The average Bonchev–Trinajstić information content (AvgIpc) is 3.54. The van der Waals surface area contributed by atoms with E-state index in [-0.39, 0.29) is 17.9 Å². The second kappa shape index (κ2) is 15.8. The second-order valence-corrected chi connectivity index (χ2v) is 13.2. The maximum absolute atomic E-state index is 13.4. The van der Waals surface area contributed by atoms with Crippen molar-refractivity contribution in [2.75, 3.05) is 32.8 Å². The van der Waals surface area contributed by atoms with Crippen LogP contribution in [0.5, 0.6) is 5.75 Å². The van der Waals surface area contributed by atoms with Crippen molar-refractivity contribution in [3.8, 4) is 12.3 Å². The van der Waals surface area contributed by atoms with E-state index in [4.69, 9.17) is 20.5 Å². The number of nitriles is 1. The molecule has 2 N–H and O–H groups in total. The second-order valence-electron chi connectivity index (χ2n) is 13.2. The summed E-state index contributed by atoms with van der Waals surface area (Å²) in [5, 5.41) is 6.50. The number of amides is 4. The fraction of sp³-hybridized carbons (Fsp3) is 0.667. The van der Waals surface area contributed by atoms with Crippen LogP contribution in [0.15, 0.2) is 23.2 Å². The van der Waals surface area contributed by atoms with E-state index in [2.05, 4.69) is 11.6 Å². The van der Waals surface area contributed by atoms with Gasteiger partial charge in [-0.2, -0.15) is 4.99 Å². The number of nitrogens with zero attached hydrogens (tertiary/aromatic N) is 5. The molecule has 2 saturated heterocycles. The van der Waals surface area contributed by atoms with Crippen LogP contribution in [0.25, 0.3) is 0 Å². The highest BCUT2D eigenvalue weighted by molar-refractivity contribution is 5.93. The van der Waals surface area contributed by atoms with E-state index in [1.54, 1.807) is 9.80 Å². The zero-order valence-electron chi connectivity index (χ0n) is 27.1. The highest BCUT2D eigenvalue weighted by Crippen LogP contribution is 2.30. The number of likely N-dealkylation sites (tertiary alicyclic amines) is 2. The van der Waals surface area contributed by atoms with Gasteiger partial charge in [0.05, 0.1) is 13.2 Å². The van der Waals surface area contributed by atoms with Crippen molar-refractivity contribution < 1.29 is 23.9 Å². The SMILES string of the molecule is C#N.CC(C)/C(N)=N/C(=O)N1CCC(CCCOc2ccc3c(c2)CN(C(=O)OC(C)(C)C)C(C(=O)N2CCCC2)C3)CC1. The van der Waals surface area contributed by atoms with Crippen molar-refractivity contribution in [2.24, 2.45) is 22.6 Å². The number of fused-ring (bicyclic) bond motifs is 1. The zero-order chi connectivity index (χ0) is 32.4. The normalized spacial score (nSPS) is 19.2. The van der Waals surface area contributed by atoms with Gasteiger partial charge in [0.25, 0.3) is 0 Å². The third kappa shape index (κ3) is 9.60. The van der Waals surface area contributed by atoms with E-state index in [1.165, 1.54) is 0 Å². The summed E-state index contributed by atoms with van der Waals surface area (Å²) in [7, 11) is 0. The Morgan fingerprint density at radius 1 is 1.05 bits per heavy atom. The van der Waals surface area contributed by atoms with Gasteiger partial charge in [0.1, 0.15) is 23.2 Å². The first-order valence-electron chi connectivity index (χ1n) is 15.8. The lowest BCUT2D eigenvalue weighted by Crippen LogP contribution is -2.54. The van der Waals surface area contributed by atoms with Crippen LogP contribution in [0.1, 0.15) is 84.3 Å². The molecule has 1 atom stereocenters. The van der Waals surface area contributed by atoms with Gasteiger partial charge in [-0.1, -0.05) is 19.9 Å². The number of benzene rings is 1. The Bertz CT molecular complexity index is 1190. The fourth-order valence-corrected chi connectivity index (χ4v) is 5.82. The number of carbonyl (C=O) groups excluding carboxylic acids is 3. The number of rotatable bonds is 7. The predicted molar refractivity (Wildman–Crippen MR) is 169 cm³/mol. The number of hydrogen-bond donors (Lipinski definition) is 1. The van der Waals surface area contributed by atoms with Crippen LogP contribution in [-0.4, -0.2) is 83.0 Å². The first-order valence-corrected chi connectivity index (χ1v) is 15.8. The van der Waals surface area contributed by atoms with Crippen LogP contribution >= 0.6 is 0 Å². The molecular weight excluding hydrogens is 560 g/mol. The van der Waals surface area contributed by atoms with E-state index in [0.29, 0.717) is 44.4 Å². The molecule has 242 valence electrons. The van der Waals surface area contributed by atoms with Crippen LogP contribution in [0, 0.1) is 23.7 Å². The summed E-state index contributed by atoms with van der Waals surface area (Å²) >= 11 is 0. The Hall–Kier alpha value is -3.81. The molecule has 3 heterocycles. The minimum atomic E-state index is -0.647. The molecule has 0 spiro atoms. The van der Waals surface area contributed by atoms with Crippen molar-refractivity contribution >= 4 is 23.9 Å². The molecular formula is C33H50N6O5. The Morgan fingerprint density at radius 3 is 2.32 bits per heavy atom. The minimum Gasteiger partial charge on any atom is -0.494 e. The van der Waals surface area contributed by atoms with Crippen molar-refractivity contribution in [3.05, 3.63) is 29.3 Å². The minimum absolute atomic E-state index is 0.00644. The van der Waals surface area contributed by atoms with Crippen molar-refractivity contribution in [3.63, 3.8) is 0 Å². The molecule has 0 aromatic heterocycles. The molecule has 1 aromatic carbocycles. The van der Waals surface area contributed by atoms with Gasteiger partial charge in [-0.15, -0.1) is 0 Å². The highest BCUT2D eigenvalue weighted by atomic mass is 16.6. The summed E-state index contributed by atoms with van der Waals surface area (Å²) in [5.74, 6) is 1.77. The van der Waals surface area contributed by atoms with Gasteiger partial charge < -0.3 is 25.0 Å². The molecule has 11 heteroatoms. The lowest BCUT2D eigenvalue weighted by molar-refractivity contribution is -0.136. The molecule has 0 saturated carbocycles. The molecule has 3 aliphatic rings. The Balaban J connectivity index is 0.00000259. The zero-order valence-corrected chi connectivity index (χ0v) is 27.1. The maximum Gasteiger partial charge on any atom is 0.411 e. The molecule has 44 heavy (non-hydrogen) atoms. The Morgan fingerprint density at radius 2 is 1.70 bits per heavy atom. The summed E-state index contributed by atoms with van der Waals surface area (Å²) in [5.41, 5.74) is 7.26. The van der Waals surface area contributed by atoms with Gasteiger partial charge in [-0.05, 0) is 88.5 Å². The van der Waals surface area contributed by atoms with E-state index >= 15 is 0 Å². The number of urea groups is 1. The first kappa shape index (κ1) is 34.7. The molecule has 4 amide bonds. The van der Waals surface area contributed by atoms with Gasteiger partial charge in [-0.3, -0.25) is 9.69 Å². The quantitative estimate of drug-likeness (QED) is 0.257. The molecule has 3 aliphatic heterocycles. The summed E-state index contributed by atoms with van der Waals surface area (Å²) in [6, 6.07) is 5.21. The summed E-state index contributed by atoms with van der Waals surface area (Å²) in [4.78, 5) is 48.3. The van der Waals surface area contributed by atoms with E-state index in [0.717, 1.165) is 68.5 Å². The van der Waals surface area contributed by atoms with Crippen LogP contribution in [0.3, 0.4) is 0 Å². The lowest BCUT2D eigenvalue weighted by Gasteiger charge is -2.38. The van der Waals surface area contributed by atoms with Crippen LogP contribution in [0.4, 0.5) is 9.59 Å². The van der Waals surface area contributed by atoms with Crippen LogP contribution in [-0.2, 0) is 22.5 Å². The summed E-state index contributed by atoms with van der Waals surface area (Å²) < 4.78 is 11.8. The average molecular weight is 611 g/mol. The molecule has 1 unspecified atom stereocenters. The maximum atomic E-state index is 13.4. The van der Waals surface area contributed by atoms with E-state index < -0.39 is 17.7 Å². The van der Waals surface area contributed by atoms with E-state index in [1.807, 2.05) is 57.7 Å². The number of ether oxygens (including phenoxy) is 2. The Labute approximate surface area is 262 Å². The molecule has 0 bridgehead atoms. The standard InChI is InChI=1S/C32H49N5O5.CHN/c1-22(2)28(33)34-30(39)36-16-12-23(13-17-36)9-8-18-41-26-11-10-24-20-27(29(38)35-14-6-7-15-35)37(21-25(24)19-26)31(40)42-32(3,4)5;1-2/h10-11,19,22-23,27H,6-9,12-18,20-21H2,1-5H3,(H2,33,34,39);1H. The Kier molecular flexibility index (Phi) is 12.4. The van der Waals surface area contributed by atoms with Gasteiger partial charge >= 0.3 is 12.1 Å². The third-order valence-corrected chi connectivity index (χ3v) is 8.37.